The van der Waals surface area contributed by atoms with Crippen LogP contribution in [0.4, 0.5) is 4.39 Å². The Labute approximate surface area is 128 Å². The molecule has 0 heterocycles. The summed E-state index contributed by atoms with van der Waals surface area (Å²) in [6.45, 7) is 3.88. The summed E-state index contributed by atoms with van der Waals surface area (Å²) in [4.78, 5) is 13.9. The third-order valence-electron chi connectivity index (χ3n) is 3.45. The van der Waals surface area contributed by atoms with Gasteiger partial charge in [0.05, 0.1) is 10.5 Å². The van der Waals surface area contributed by atoms with Gasteiger partial charge < -0.3 is 4.90 Å². The van der Waals surface area contributed by atoms with Gasteiger partial charge in [0.25, 0.3) is 15.0 Å². The van der Waals surface area contributed by atoms with Crippen LogP contribution < -0.4 is 0 Å². The highest BCUT2D eigenvalue weighted by Gasteiger charge is 2.34. The Morgan fingerprint density at radius 3 is 2.52 bits per heavy atom. The van der Waals surface area contributed by atoms with Gasteiger partial charge in [-0.25, -0.2) is 12.8 Å². The van der Waals surface area contributed by atoms with Gasteiger partial charge in [0.1, 0.15) is 5.82 Å². The molecule has 1 amide bonds. The van der Waals surface area contributed by atoms with Gasteiger partial charge in [-0.05, 0) is 43.9 Å². The maximum Gasteiger partial charge on any atom is 0.261 e. The van der Waals surface area contributed by atoms with Crippen molar-refractivity contribution in [1.82, 2.24) is 4.90 Å². The topological polar surface area (TPSA) is 54.5 Å². The van der Waals surface area contributed by atoms with Gasteiger partial charge in [-0.15, -0.1) is 0 Å². The lowest BCUT2D eigenvalue weighted by Crippen LogP contribution is -2.34. The second-order valence-electron chi connectivity index (χ2n) is 5.27. The minimum absolute atomic E-state index is 0.0901. The Morgan fingerprint density at radius 1 is 1.43 bits per heavy atom. The second kappa shape index (κ2) is 5.93. The van der Waals surface area contributed by atoms with Crippen molar-refractivity contribution in [3.8, 4) is 0 Å². The number of rotatable bonds is 5. The van der Waals surface area contributed by atoms with Gasteiger partial charge in [-0.2, -0.15) is 0 Å². The van der Waals surface area contributed by atoms with Crippen LogP contribution in [0.2, 0.25) is 0 Å². The summed E-state index contributed by atoms with van der Waals surface area (Å²) in [7, 11) is 1.29. The lowest BCUT2D eigenvalue weighted by molar-refractivity contribution is 0.0738. The standard InChI is InChI=1S/C14H17ClFNO3S/c1-3-6-17(10-4-5-10)14(18)12-8-11(21(15,19)20)7-9(2)13(12)16/h7-8,10H,3-6H2,1-2H3. The van der Waals surface area contributed by atoms with E-state index >= 15 is 0 Å². The molecule has 2 rings (SSSR count). The molecule has 0 bridgehead atoms. The molecule has 21 heavy (non-hydrogen) atoms. The van der Waals surface area contributed by atoms with Crippen molar-refractivity contribution in [3.63, 3.8) is 0 Å². The SMILES string of the molecule is CCCN(C(=O)c1cc(S(=O)(=O)Cl)cc(C)c1F)C1CC1. The number of nitrogens with zero attached hydrogens (tertiary/aromatic N) is 1. The molecule has 0 atom stereocenters. The first-order chi connectivity index (χ1) is 9.75. The van der Waals surface area contributed by atoms with Crippen LogP contribution in [-0.2, 0) is 9.05 Å². The zero-order chi connectivity index (χ0) is 15.8. The summed E-state index contributed by atoms with van der Waals surface area (Å²) >= 11 is 0. The molecule has 1 aliphatic rings. The predicted molar refractivity (Wildman–Crippen MR) is 78.5 cm³/mol. The van der Waals surface area contributed by atoms with Crippen LogP contribution in [0.1, 0.15) is 42.1 Å². The Bertz CT molecular complexity index is 671. The van der Waals surface area contributed by atoms with E-state index in [9.17, 15) is 17.6 Å². The molecule has 0 saturated heterocycles. The van der Waals surface area contributed by atoms with Crippen molar-refractivity contribution in [2.45, 2.75) is 44.0 Å². The van der Waals surface area contributed by atoms with Crippen molar-refractivity contribution in [3.05, 3.63) is 29.1 Å². The second-order valence-corrected chi connectivity index (χ2v) is 7.84. The summed E-state index contributed by atoms with van der Waals surface area (Å²) in [5.41, 5.74) is -0.137. The molecule has 1 aromatic carbocycles. The fourth-order valence-corrected chi connectivity index (χ4v) is 3.11. The van der Waals surface area contributed by atoms with Gasteiger partial charge in [0.2, 0.25) is 0 Å². The number of amides is 1. The lowest BCUT2D eigenvalue weighted by Gasteiger charge is -2.22. The smallest absolute Gasteiger partial charge is 0.261 e. The fraction of sp³-hybridized carbons (Fsp3) is 0.500. The van der Waals surface area contributed by atoms with E-state index in [4.69, 9.17) is 10.7 Å². The third-order valence-corrected chi connectivity index (χ3v) is 4.79. The van der Waals surface area contributed by atoms with Gasteiger partial charge >= 0.3 is 0 Å². The first kappa shape index (κ1) is 16.2. The normalized spacial score (nSPS) is 15.0. The number of carbonyl (C=O) groups excluding carboxylic acids is 1. The number of hydrogen-bond acceptors (Lipinski definition) is 3. The van der Waals surface area contributed by atoms with Crippen molar-refractivity contribution < 1.29 is 17.6 Å². The molecule has 0 aliphatic heterocycles. The highest BCUT2D eigenvalue weighted by Crippen LogP contribution is 2.30. The minimum atomic E-state index is -4.01. The van der Waals surface area contributed by atoms with Gasteiger partial charge in [0, 0.05) is 23.3 Å². The van der Waals surface area contributed by atoms with E-state index in [1.54, 1.807) is 4.90 Å². The summed E-state index contributed by atoms with van der Waals surface area (Å²) in [5, 5.41) is 0. The zero-order valence-electron chi connectivity index (χ0n) is 11.9. The summed E-state index contributed by atoms with van der Waals surface area (Å²) in [6, 6.07) is 2.29. The zero-order valence-corrected chi connectivity index (χ0v) is 13.5. The predicted octanol–water partition coefficient (Wildman–Crippen LogP) is 3.08. The van der Waals surface area contributed by atoms with E-state index in [1.807, 2.05) is 6.92 Å². The van der Waals surface area contributed by atoms with Crippen LogP contribution in [-0.4, -0.2) is 31.8 Å². The van der Waals surface area contributed by atoms with E-state index in [1.165, 1.54) is 6.92 Å². The number of carbonyl (C=O) groups is 1. The Balaban J connectivity index is 2.46. The molecule has 0 aromatic heterocycles. The molecule has 1 fully saturated rings. The molecule has 0 spiro atoms. The largest absolute Gasteiger partial charge is 0.336 e. The van der Waals surface area contributed by atoms with Crippen LogP contribution in [0.15, 0.2) is 17.0 Å². The molecule has 1 saturated carbocycles. The van der Waals surface area contributed by atoms with Crippen LogP contribution >= 0.6 is 10.7 Å². The van der Waals surface area contributed by atoms with Crippen molar-refractivity contribution in [2.24, 2.45) is 0 Å². The number of hydrogen-bond donors (Lipinski definition) is 0. The average molecular weight is 334 g/mol. The van der Waals surface area contributed by atoms with Crippen molar-refractivity contribution in [1.29, 1.82) is 0 Å². The number of aryl methyl sites for hydroxylation is 1. The Hall–Kier alpha value is -1.14. The highest BCUT2D eigenvalue weighted by molar-refractivity contribution is 8.13. The monoisotopic (exact) mass is 333 g/mol. The fourth-order valence-electron chi connectivity index (χ4n) is 2.26. The van der Waals surface area contributed by atoms with E-state index in [-0.39, 0.29) is 22.1 Å². The third kappa shape index (κ3) is 3.55. The molecule has 1 aromatic rings. The first-order valence-electron chi connectivity index (χ1n) is 6.81. The number of benzene rings is 1. The van der Waals surface area contributed by atoms with Crippen molar-refractivity contribution >= 4 is 25.6 Å². The van der Waals surface area contributed by atoms with Crippen LogP contribution in [0.3, 0.4) is 0 Å². The summed E-state index contributed by atoms with van der Waals surface area (Å²) in [6.07, 6.45) is 2.57. The molecular weight excluding hydrogens is 317 g/mol. The maximum absolute atomic E-state index is 14.2. The molecule has 1 aliphatic carbocycles. The van der Waals surface area contributed by atoms with E-state index in [0.29, 0.717) is 6.54 Å². The summed E-state index contributed by atoms with van der Waals surface area (Å²) in [5.74, 6) is -1.16. The molecule has 0 unspecified atom stereocenters. The molecule has 7 heteroatoms. The van der Waals surface area contributed by atoms with Gasteiger partial charge in [-0.3, -0.25) is 4.79 Å². The van der Waals surface area contributed by atoms with Crippen LogP contribution in [0.25, 0.3) is 0 Å². The number of halogens is 2. The van der Waals surface area contributed by atoms with Crippen LogP contribution in [0, 0.1) is 12.7 Å². The van der Waals surface area contributed by atoms with E-state index < -0.39 is 20.8 Å². The minimum Gasteiger partial charge on any atom is -0.336 e. The molecule has 116 valence electrons. The average Bonchev–Trinajstić information content (AvgIpc) is 3.21. The Kier molecular flexibility index (Phi) is 4.58. The van der Waals surface area contributed by atoms with Crippen molar-refractivity contribution in [2.75, 3.05) is 6.54 Å². The molecule has 4 nitrogen and oxygen atoms in total. The molecular formula is C14H17ClFNO3S. The van der Waals surface area contributed by atoms with Crippen LogP contribution in [0.5, 0.6) is 0 Å². The first-order valence-corrected chi connectivity index (χ1v) is 9.12. The van der Waals surface area contributed by atoms with Gasteiger partial charge in [0.15, 0.2) is 0 Å². The Morgan fingerprint density at radius 2 is 2.05 bits per heavy atom. The lowest BCUT2D eigenvalue weighted by atomic mass is 10.1. The van der Waals surface area contributed by atoms with E-state index in [0.717, 1.165) is 31.4 Å². The maximum atomic E-state index is 14.2. The van der Waals surface area contributed by atoms with E-state index in [2.05, 4.69) is 0 Å². The van der Waals surface area contributed by atoms with Gasteiger partial charge in [-0.1, -0.05) is 6.92 Å². The molecule has 0 radical (unpaired) electrons. The summed E-state index contributed by atoms with van der Waals surface area (Å²) < 4.78 is 37.1. The quantitative estimate of drug-likeness (QED) is 0.778. The molecule has 0 N–H and O–H groups in total. The highest BCUT2D eigenvalue weighted by atomic mass is 35.7.